The van der Waals surface area contributed by atoms with Crippen LogP contribution < -0.4 is 15.4 Å². The third-order valence-corrected chi connectivity index (χ3v) is 3.73. The first-order valence-corrected chi connectivity index (χ1v) is 7.81. The highest BCUT2D eigenvalue weighted by Gasteiger charge is 2.24. The van der Waals surface area contributed by atoms with Gasteiger partial charge in [0.15, 0.2) is 0 Å². The second-order valence-corrected chi connectivity index (χ2v) is 5.39. The molecule has 1 aliphatic rings. The monoisotopic (exact) mass is 330 g/mol. The molecule has 1 aromatic heterocycles. The molecule has 3 rings (SSSR count). The topological polar surface area (TPSA) is 66.5 Å². The van der Waals surface area contributed by atoms with Crippen LogP contribution in [0.4, 0.5) is 9.18 Å². The van der Waals surface area contributed by atoms with E-state index >= 15 is 0 Å². The summed E-state index contributed by atoms with van der Waals surface area (Å²) in [5, 5.41) is 5.94. The quantitative estimate of drug-likeness (QED) is 0.841. The number of urea groups is 1. The van der Waals surface area contributed by atoms with E-state index in [-0.39, 0.29) is 11.6 Å². The lowest BCUT2D eigenvalue weighted by atomic mass is 10.2. The van der Waals surface area contributed by atoms with Crippen LogP contribution in [0.25, 0.3) is 0 Å². The van der Waals surface area contributed by atoms with Crippen LogP contribution in [0.3, 0.4) is 0 Å². The number of carbonyl (C=O) groups excluding carboxylic acids is 1. The Labute approximate surface area is 139 Å². The average Bonchev–Trinajstić information content (AvgIpc) is 2.63. The number of nitrogens with zero attached hydrogens (tertiary/aromatic N) is 2. The summed E-state index contributed by atoms with van der Waals surface area (Å²) in [5.74, 6) is 0.0124. The van der Waals surface area contributed by atoms with E-state index in [1.54, 1.807) is 41.4 Å². The molecule has 0 saturated carbocycles. The smallest absolute Gasteiger partial charge is 0.320 e. The number of hydrogen-bond donors (Lipinski definition) is 2. The van der Waals surface area contributed by atoms with E-state index in [1.807, 2.05) is 0 Å². The van der Waals surface area contributed by atoms with Crippen LogP contribution >= 0.6 is 0 Å². The Morgan fingerprint density at radius 2 is 2.04 bits per heavy atom. The highest BCUT2D eigenvalue weighted by Crippen LogP contribution is 2.21. The minimum absolute atomic E-state index is 0.268. The number of ether oxygens (including phenoxy) is 1. The SMILES string of the molecule is O=C(NC(Oc1cccnc1)c1ccccc1F)N1CCNCC1. The molecule has 1 aromatic carbocycles. The van der Waals surface area contributed by atoms with Gasteiger partial charge in [-0.3, -0.25) is 10.3 Å². The predicted octanol–water partition coefficient (Wildman–Crippen LogP) is 1.91. The Bertz CT molecular complexity index is 677. The second-order valence-electron chi connectivity index (χ2n) is 5.39. The van der Waals surface area contributed by atoms with Crippen LogP contribution in [0, 0.1) is 5.82 Å². The summed E-state index contributed by atoms with van der Waals surface area (Å²) in [7, 11) is 0. The molecule has 2 aromatic rings. The van der Waals surface area contributed by atoms with Crippen LogP contribution in [0.2, 0.25) is 0 Å². The van der Waals surface area contributed by atoms with Gasteiger partial charge >= 0.3 is 6.03 Å². The van der Waals surface area contributed by atoms with E-state index in [1.165, 1.54) is 12.3 Å². The molecule has 126 valence electrons. The number of aromatic nitrogens is 1. The number of rotatable bonds is 4. The summed E-state index contributed by atoms with van der Waals surface area (Å²) in [6.07, 6.45) is 2.20. The molecule has 0 bridgehead atoms. The molecule has 2 amide bonds. The summed E-state index contributed by atoms with van der Waals surface area (Å²) < 4.78 is 19.9. The van der Waals surface area contributed by atoms with E-state index in [4.69, 9.17) is 4.74 Å². The summed E-state index contributed by atoms with van der Waals surface area (Å²) in [4.78, 5) is 18.1. The number of halogens is 1. The maximum Gasteiger partial charge on any atom is 0.320 e. The lowest BCUT2D eigenvalue weighted by Crippen LogP contribution is -2.51. The van der Waals surface area contributed by atoms with Crippen molar-refractivity contribution in [2.75, 3.05) is 26.2 Å². The van der Waals surface area contributed by atoms with Gasteiger partial charge in [0.25, 0.3) is 0 Å². The molecule has 1 unspecified atom stereocenters. The van der Waals surface area contributed by atoms with Gasteiger partial charge in [0.05, 0.1) is 6.20 Å². The summed E-state index contributed by atoms with van der Waals surface area (Å²) in [6.45, 7) is 2.67. The lowest BCUT2D eigenvalue weighted by Gasteiger charge is -2.30. The second kappa shape index (κ2) is 7.74. The summed E-state index contributed by atoms with van der Waals surface area (Å²) in [6, 6.07) is 9.37. The van der Waals surface area contributed by atoms with Gasteiger partial charge in [-0.15, -0.1) is 0 Å². The number of pyridine rings is 1. The Morgan fingerprint density at radius 3 is 2.75 bits per heavy atom. The number of benzene rings is 1. The van der Waals surface area contributed by atoms with Crippen molar-refractivity contribution in [3.8, 4) is 5.75 Å². The molecule has 1 aliphatic heterocycles. The van der Waals surface area contributed by atoms with Gasteiger partial charge in [-0.25, -0.2) is 9.18 Å². The fourth-order valence-electron chi connectivity index (χ4n) is 2.48. The third-order valence-electron chi connectivity index (χ3n) is 3.73. The van der Waals surface area contributed by atoms with Gasteiger partial charge in [-0.1, -0.05) is 18.2 Å². The first kappa shape index (κ1) is 16.2. The Balaban J connectivity index is 1.79. The van der Waals surface area contributed by atoms with Gasteiger partial charge < -0.3 is 15.0 Å². The van der Waals surface area contributed by atoms with Crippen LogP contribution in [0.1, 0.15) is 11.8 Å². The maximum atomic E-state index is 14.2. The van der Waals surface area contributed by atoms with Crippen molar-refractivity contribution in [2.24, 2.45) is 0 Å². The van der Waals surface area contributed by atoms with Gasteiger partial charge in [-0.05, 0) is 18.2 Å². The first-order valence-electron chi connectivity index (χ1n) is 7.81. The zero-order chi connectivity index (χ0) is 16.8. The molecule has 0 spiro atoms. The first-order chi connectivity index (χ1) is 11.7. The molecule has 1 saturated heterocycles. The number of hydrogen-bond acceptors (Lipinski definition) is 4. The van der Waals surface area contributed by atoms with Gasteiger partial charge in [-0.2, -0.15) is 0 Å². The fourth-order valence-corrected chi connectivity index (χ4v) is 2.48. The van der Waals surface area contributed by atoms with Gasteiger partial charge in [0.1, 0.15) is 11.6 Å². The van der Waals surface area contributed by atoms with Crippen molar-refractivity contribution in [3.05, 3.63) is 60.2 Å². The van der Waals surface area contributed by atoms with Crippen molar-refractivity contribution in [1.82, 2.24) is 20.5 Å². The summed E-state index contributed by atoms with van der Waals surface area (Å²) in [5.41, 5.74) is 0.268. The number of amides is 2. The Hall–Kier alpha value is -2.67. The van der Waals surface area contributed by atoms with Crippen molar-refractivity contribution < 1.29 is 13.9 Å². The number of piperazine rings is 1. The molecule has 0 radical (unpaired) electrons. The fraction of sp³-hybridized carbons (Fsp3) is 0.294. The predicted molar refractivity (Wildman–Crippen MR) is 87.0 cm³/mol. The molecule has 1 atom stereocenters. The van der Waals surface area contributed by atoms with Crippen molar-refractivity contribution >= 4 is 6.03 Å². The van der Waals surface area contributed by atoms with Crippen molar-refractivity contribution in [3.63, 3.8) is 0 Å². The molecule has 2 N–H and O–H groups in total. The van der Waals surface area contributed by atoms with Gasteiger partial charge in [0.2, 0.25) is 6.23 Å². The highest BCUT2D eigenvalue weighted by molar-refractivity contribution is 5.74. The highest BCUT2D eigenvalue weighted by atomic mass is 19.1. The average molecular weight is 330 g/mol. The van der Waals surface area contributed by atoms with E-state index in [9.17, 15) is 9.18 Å². The maximum absolute atomic E-state index is 14.2. The van der Waals surface area contributed by atoms with Crippen molar-refractivity contribution in [2.45, 2.75) is 6.23 Å². The van der Waals surface area contributed by atoms with Crippen LogP contribution in [0.5, 0.6) is 5.75 Å². The molecule has 2 heterocycles. The molecular formula is C17H19FN4O2. The van der Waals surface area contributed by atoms with E-state index in [0.29, 0.717) is 18.8 Å². The summed E-state index contributed by atoms with van der Waals surface area (Å²) >= 11 is 0. The lowest BCUT2D eigenvalue weighted by molar-refractivity contribution is 0.137. The standard InChI is InChI=1S/C17H19FN4O2/c18-15-6-2-1-5-14(15)16(24-13-4-3-7-20-12-13)21-17(23)22-10-8-19-9-11-22/h1-7,12,16,19H,8-11H2,(H,21,23). The normalized spacial score (nSPS) is 15.6. The van der Waals surface area contributed by atoms with Crippen LogP contribution in [-0.2, 0) is 0 Å². The molecule has 6 nitrogen and oxygen atoms in total. The number of nitrogens with one attached hydrogen (secondary N) is 2. The Kier molecular flexibility index (Phi) is 5.22. The zero-order valence-electron chi connectivity index (χ0n) is 13.1. The largest absolute Gasteiger partial charge is 0.465 e. The third kappa shape index (κ3) is 3.99. The molecule has 24 heavy (non-hydrogen) atoms. The van der Waals surface area contributed by atoms with Crippen LogP contribution in [-0.4, -0.2) is 42.1 Å². The van der Waals surface area contributed by atoms with E-state index in [0.717, 1.165) is 13.1 Å². The molecule has 1 fully saturated rings. The van der Waals surface area contributed by atoms with Crippen LogP contribution in [0.15, 0.2) is 48.8 Å². The minimum atomic E-state index is -0.933. The van der Waals surface area contributed by atoms with E-state index in [2.05, 4.69) is 15.6 Å². The molecule has 7 heteroatoms. The van der Waals surface area contributed by atoms with E-state index < -0.39 is 12.0 Å². The number of carbonyl (C=O) groups is 1. The Morgan fingerprint density at radius 1 is 1.25 bits per heavy atom. The minimum Gasteiger partial charge on any atom is -0.465 e. The van der Waals surface area contributed by atoms with Crippen molar-refractivity contribution in [1.29, 1.82) is 0 Å². The molecular weight excluding hydrogens is 311 g/mol. The molecule has 0 aliphatic carbocycles. The van der Waals surface area contributed by atoms with Gasteiger partial charge in [0, 0.05) is 37.9 Å². The zero-order valence-corrected chi connectivity index (χ0v) is 13.1.